The van der Waals surface area contributed by atoms with Gasteiger partial charge >= 0.3 is 0 Å². The average Bonchev–Trinajstić information content (AvgIpc) is 2.66. The summed E-state index contributed by atoms with van der Waals surface area (Å²) in [7, 11) is 0. The van der Waals surface area contributed by atoms with Crippen LogP contribution >= 0.6 is 12.4 Å². The van der Waals surface area contributed by atoms with Crippen LogP contribution in [0.25, 0.3) is 0 Å². The third-order valence-corrected chi connectivity index (χ3v) is 3.53. The second kappa shape index (κ2) is 4.10. The molecule has 1 atom stereocenters. The molecule has 3 aliphatic heterocycles. The van der Waals surface area contributed by atoms with E-state index in [2.05, 4.69) is 15.0 Å². The molecule has 4 nitrogen and oxygen atoms in total. The summed E-state index contributed by atoms with van der Waals surface area (Å²) in [4.78, 5) is 6.86. The Morgan fingerprint density at radius 3 is 2.53 bits per heavy atom. The first-order valence-electron chi connectivity index (χ1n) is 5.35. The first kappa shape index (κ1) is 10.9. The Hall–Kier alpha value is -0.610. The summed E-state index contributed by atoms with van der Waals surface area (Å²) in [5, 5.41) is 4.05. The van der Waals surface area contributed by atoms with Gasteiger partial charge in [0.2, 0.25) is 5.89 Å². The van der Waals surface area contributed by atoms with Crippen LogP contribution in [0.3, 0.4) is 0 Å². The van der Waals surface area contributed by atoms with Crippen LogP contribution in [0.15, 0.2) is 4.52 Å². The quantitative estimate of drug-likeness (QED) is 0.734. The average molecular weight is 230 g/mol. The normalized spacial score (nSPS) is 33.8. The van der Waals surface area contributed by atoms with Crippen LogP contribution in [0.2, 0.25) is 0 Å². The first-order valence-corrected chi connectivity index (χ1v) is 5.35. The highest BCUT2D eigenvalue weighted by molar-refractivity contribution is 5.85. The van der Waals surface area contributed by atoms with Crippen molar-refractivity contribution in [2.24, 2.45) is 5.92 Å². The fourth-order valence-electron chi connectivity index (χ4n) is 2.72. The Kier molecular flexibility index (Phi) is 2.98. The zero-order valence-corrected chi connectivity index (χ0v) is 9.66. The van der Waals surface area contributed by atoms with Crippen LogP contribution in [0.1, 0.15) is 30.5 Å². The zero-order valence-electron chi connectivity index (χ0n) is 8.85. The highest BCUT2D eigenvalue weighted by Crippen LogP contribution is 2.37. The maximum absolute atomic E-state index is 5.05. The molecule has 15 heavy (non-hydrogen) atoms. The Labute approximate surface area is 95.4 Å². The molecule has 84 valence electrons. The predicted octanol–water partition coefficient (Wildman–Crippen LogP) is 1.61. The number of hydrogen-bond acceptors (Lipinski definition) is 4. The molecule has 0 aliphatic carbocycles. The van der Waals surface area contributed by atoms with Crippen molar-refractivity contribution in [1.82, 2.24) is 15.0 Å². The summed E-state index contributed by atoms with van der Waals surface area (Å²) in [5.74, 6) is 2.93. The zero-order chi connectivity index (χ0) is 9.54. The van der Waals surface area contributed by atoms with E-state index in [9.17, 15) is 0 Å². The fourth-order valence-corrected chi connectivity index (χ4v) is 2.72. The molecule has 1 aromatic heterocycles. The van der Waals surface area contributed by atoms with Crippen molar-refractivity contribution in [1.29, 1.82) is 0 Å². The monoisotopic (exact) mass is 229 g/mol. The van der Waals surface area contributed by atoms with Gasteiger partial charge in [-0.05, 0) is 31.8 Å². The summed E-state index contributed by atoms with van der Waals surface area (Å²) in [6.45, 7) is 5.51. The lowest BCUT2D eigenvalue weighted by molar-refractivity contribution is 0.0825. The summed E-state index contributed by atoms with van der Waals surface area (Å²) in [5.41, 5.74) is 0. The summed E-state index contributed by atoms with van der Waals surface area (Å²) < 4.78 is 5.05. The van der Waals surface area contributed by atoms with E-state index in [-0.39, 0.29) is 12.4 Å². The number of halogens is 1. The molecule has 0 radical (unpaired) electrons. The minimum atomic E-state index is 0. The van der Waals surface area contributed by atoms with Crippen molar-refractivity contribution >= 4 is 12.4 Å². The van der Waals surface area contributed by atoms with Gasteiger partial charge in [0.15, 0.2) is 5.82 Å². The van der Waals surface area contributed by atoms with Crippen LogP contribution < -0.4 is 0 Å². The van der Waals surface area contributed by atoms with Gasteiger partial charge in [0.1, 0.15) is 0 Å². The Morgan fingerprint density at radius 2 is 2.07 bits per heavy atom. The molecule has 3 aliphatic rings. The van der Waals surface area contributed by atoms with Gasteiger partial charge in [-0.1, -0.05) is 5.16 Å². The van der Waals surface area contributed by atoms with Crippen molar-refractivity contribution in [3.05, 3.63) is 11.7 Å². The molecular formula is C10H16ClN3O. The highest BCUT2D eigenvalue weighted by Gasteiger charge is 2.37. The van der Waals surface area contributed by atoms with Crippen LogP contribution in [-0.2, 0) is 0 Å². The van der Waals surface area contributed by atoms with E-state index in [1.165, 1.54) is 25.9 Å². The fraction of sp³-hybridized carbons (Fsp3) is 0.800. The minimum absolute atomic E-state index is 0. The number of nitrogens with zero attached hydrogens (tertiary/aromatic N) is 3. The smallest absolute Gasteiger partial charge is 0.223 e. The summed E-state index contributed by atoms with van der Waals surface area (Å²) in [6, 6.07) is 0. The number of rotatable bonds is 1. The molecule has 1 aromatic rings. The third-order valence-electron chi connectivity index (χ3n) is 3.53. The minimum Gasteiger partial charge on any atom is -0.340 e. The molecule has 0 saturated carbocycles. The van der Waals surface area contributed by atoms with E-state index in [1.54, 1.807) is 0 Å². The van der Waals surface area contributed by atoms with Crippen LogP contribution in [0.4, 0.5) is 0 Å². The molecular weight excluding hydrogens is 214 g/mol. The van der Waals surface area contributed by atoms with Gasteiger partial charge in [-0.25, -0.2) is 0 Å². The summed E-state index contributed by atoms with van der Waals surface area (Å²) >= 11 is 0. The second-order valence-electron chi connectivity index (χ2n) is 4.42. The Balaban J connectivity index is 0.000000853. The Bertz CT molecular complexity index is 333. The lowest BCUT2D eigenvalue weighted by Crippen LogP contribution is -2.46. The van der Waals surface area contributed by atoms with Gasteiger partial charge in [0.25, 0.3) is 0 Å². The lowest BCUT2D eigenvalue weighted by Gasteiger charge is -2.43. The summed E-state index contributed by atoms with van der Waals surface area (Å²) in [6.07, 6.45) is 2.61. The van der Waals surface area contributed by atoms with Gasteiger partial charge in [-0.15, -0.1) is 12.4 Å². The van der Waals surface area contributed by atoms with E-state index in [0.717, 1.165) is 18.3 Å². The van der Waals surface area contributed by atoms with Crippen molar-refractivity contribution in [2.45, 2.75) is 25.7 Å². The number of hydrogen-bond donors (Lipinski definition) is 0. The van der Waals surface area contributed by atoms with E-state index >= 15 is 0 Å². The van der Waals surface area contributed by atoms with Crippen LogP contribution in [-0.4, -0.2) is 34.7 Å². The molecule has 5 heteroatoms. The van der Waals surface area contributed by atoms with Gasteiger partial charge in [-0.2, -0.15) is 4.98 Å². The van der Waals surface area contributed by atoms with E-state index < -0.39 is 0 Å². The maximum atomic E-state index is 5.05. The van der Waals surface area contributed by atoms with Gasteiger partial charge < -0.3 is 9.42 Å². The third kappa shape index (κ3) is 1.88. The molecule has 0 spiro atoms. The van der Waals surface area contributed by atoms with Crippen molar-refractivity contribution in [3.8, 4) is 0 Å². The Morgan fingerprint density at radius 1 is 1.33 bits per heavy atom. The maximum Gasteiger partial charge on any atom is 0.223 e. The standard InChI is InChI=1S/C10H15N3O.ClH/c1-7-11-10(12-14-7)9-6-13-4-2-8(9)3-5-13;/h8-9H,2-6H2,1H3;1H. The van der Waals surface area contributed by atoms with E-state index in [4.69, 9.17) is 4.52 Å². The SMILES string of the molecule is Cc1nc(C2CN3CCC2CC3)no1.Cl. The van der Waals surface area contributed by atoms with Crippen molar-refractivity contribution in [2.75, 3.05) is 19.6 Å². The number of fused-ring (bicyclic) bond motifs is 3. The molecule has 0 amide bonds. The highest BCUT2D eigenvalue weighted by atomic mass is 35.5. The van der Waals surface area contributed by atoms with Crippen LogP contribution in [0.5, 0.6) is 0 Å². The van der Waals surface area contributed by atoms with Gasteiger partial charge in [-0.3, -0.25) is 0 Å². The van der Waals surface area contributed by atoms with Crippen LogP contribution in [0, 0.1) is 12.8 Å². The topological polar surface area (TPSA) is 42.2 Å². The molecule has 3 fully saturated rings. The molecule has 1 unspecified atom stereocenters. The van der Waals surface area contributed by atoms with E-state index in [0.29, 0.717) is 11.8 Å². The van der Waals surface area contributed by atoms with Crippen molar-refractivity contribution in [3.63, 3.8) is 0 Å². The molecule has 0 aromatic carbocycles. The van der Waals surface area contributed by atoms with Crippen molar-refractivity contribution < 1.29 is 4.52 Å². The first-order chi connectivity index (χ1) is 6.83. The number of piperidine rings is 3. The lowest BCUT2D eigenvalue weighted by atomic mass is 9.79. The molecule has 4 heterocycles. The molecule has 2 bridgehead atoms. The molecule has 4 rings (SSSR count). The largest absolute Gasteiger partial charge is 0.340 e. The molecule has 0 N–H and O–H groups in total. The second-order valence-corrected chi connectivity index (χ2v) is 4.42. The van der Waals surface area contributed by atoms with E-state index in [1.807, 2.05) is 6.92 Å². The number of aryl methyl sites for hydroxylation is 1. The molecule has 3 saturated heterocycles. The number of aromatic nitrogens is 2. The van der Waals surface area contributed by atoms with Gasteiger partial charge in [0, 0.05) is 19.4 Å². The van der Waals surface area contributed by atoms with Gasteiger partial charge in [0.05, 0.1) is 0 Å². The predicted molar refractivity (Wildman–Crippen MR) is 58.2 cm³/mol.